The van der Waals surface area contributed by atoms with Gasteiger partial charge >= 0.3 is 0 Å². The fourth-order valence-electron chi connectivity index (χ4n) is 2.25. The zero-order chi connectivity index (χ0) is 11.8. The molecule has 86 valence electrons. The van der Waals surface area contributed by atoms with Crippen molar-refractivity contribution in [2.45, 2.75) is 26.2 Å². The molecule has 16 heavy (non-hydrogen) atoms. The van der Waals surface area contributed by atoms with E-state index >= 15 is 0 Å². The lowest BCUT2D eigenvalue weighted by molar-refractivity contribution is 0.0634. The molecule has 1 aromatic carbocycles. The van der Waals surface area contributed by atoms with Crippen LogP contribution in [-0.4, -0.2) is 12.3 Å². The summed E-state index contributed by atoms with van der Waals surface area (Å²) in [4.78, 5) is 12.3. The summed E-state index contributed by atoms with van der Waals surface area (Å²) in [6.07, 6.45) is 2.70. The van der Waals surface area contributed by atoms with Gasteiger partial charge in [-0.05, 0) is 37.5 Å². The second-order valence-corrected chi connectivity index (χ2v) is 4.63. The van der Waals surface area contributed by atoms with Gasteiger partial charge in [-0.3, -0.25) is 4.79 Å². The summed E-state index contributed by atoms with van der Waals surface area (Å²) in [5.74, 6) is -0.348. The molecule has 0 aromatic heterocycles. The van der Waals surface area contributed by atoms with Crippen LogP contribution in [0.2, 0.25) is 0 Å². The van der Waals surface area contributed by atoms with Crippen LogP contribution in [0.3, 0.4) is 0 Å². The van der Waals surface area contributed by atoms with E-state index in [1.54, 1.807) is 6.07 Å². The molecule has 1 fully saturated rings. The molecule has 0 unspecified atom stereocenters. The minimum atomic E-state index is -0.418. The SMILES string of the molecule is Cc1ccc(F)cc1C(=O)C1(CN)CCC1. The first-order valence-corrected chi connectivity index (χ1v) is 5.60. The largest absolute Gasteiger partial charge is 0.329 e. The molecule has 0 saturated heterocycles. The van der Waals surface area contributed by atoms with Gasteiger partial charge in [0.2, 0.25) is 0 Å². The average Bonchev–Trinajstić information content (AvgIpc) is 2.21. The van der Waals surface area contributed by atoms with Crippen LogP contribution in [0.4, 0.5) is 4.39 Å². The quantitative estimate of drug-likeness (QED) is 0.797. The maximum absolute atomic E-state index is 13.1. The van der Waals surface area contributed by atoms with Crippen LogP contribution in [0.25, 0.3) is 0 Å². The molecular weight excluding hydrogens is 205 g/mol. The van der Waals surface area contributed by atoms with Crippen LogP contribution in [0.15, 0.2) is 18.2 Å². The number of Topliss-reactive ketones (excluding diaryl/α,β-unsaturated/α-hetero) is 1. The van der Waals surface area contributed by atoms with Crippen LogP contribution in [0.5, 0.6) is 0 Å². The second-order valence-electron chi connectivity index (χ2n) is 4.63. The van der Waals surface area contributed by atoms with Gasteiger partial charge in [-0.2, -0.15) is 0 Å². The van der Waals surface area contributed by atoms with E-state index in [9.17, 15) is 9.18 Å². The summed E-state index contributed by atoms with van der Waals surface area (Å²) >= 11 is 0. The summed E-state index contributed by atoms with van der Waals surface area (Å²) < 4.78 is 13.1. The van der Waals surface area contributed by atoms with Crippen molar-refractivity contribution in [1.29, 1.82) is 0 Å². The average molecular weight is 221 g/mol. The second kappa shape index (κ2) is 3.98. The van der Waals surface area contributed by atoms with E-state index in [1.807, 2.05) is 6.92 Å². The number of hydrogen-bond donors (Lipinski definition) is 1. The fourth-order valence-corrected chi connectivity index (χ4v) is 2.25. The van der Waals surface area contributed by atoms with Gasteiger partial charge in [0.05, 0.1) is 0 Å². The van der Waals surface area contributed by atoms with E-state index in [1.165, 1.54) is 12.1 Å². The molecule has 1 aliphatic rings. The molecule has 0 spiro atoms. The van der Waals surface area contributed by atoms with E-state index in [2.05, 4.69) is 0 Å². The third-order valence-electron chi connectivity index (χ3n) is 3.63. The number of benzene rings is 1. The number of ketones is 1. The standard InChI is InChI=1S/C13H16FNO/c1-9-3-4-10(14)7-11(9)12(16)13(8-15)5-2-6-13/h3-4,7H,2,5-6,8,15H2,1H3. The van der Waals surface area contributed by atoms with Crippen molar-refractivity contribution in [3.05, 3.63) is 35.1 Å². The molecule has 0 radical (unpaired) electrons. The van der Waals surface area contributed by atoms with Crippen molar-refractivity contribution in [2.75, 3.05) is 6.54 Å². The highest BCUT2D eigenvalue weighted by Crippen LogP contribution is 2.43. The molecular formula is C13H16FNO. The number of nitrogens with two attached hydrogens (primary N) is 1. The third-order valence-corrected chi connectivity index (χ3v) is 3.63. The number of carbonyl (C=O) groups excluding carboxylic acids is 1. The highest BCUT2D eigenvalue weighted by Gasteiger charge is 2.43. The van der Waals surface area contributed by atoms with Crippen molar-refractivity contribution in [2.24, 2.45) is 11.1 Å². The van der Waals surface area contributed by atoms with Gasteiger partial charge in [0.15, 0.2) is 5.78 Å². The monoisotopic (exact) mass is 221 g/mol. The molecule has 0 atom stereocenters. The summed E-state index contributed by atoms with van der Waals surface area (Å²) in [5.41, 5.74) is 6.58. The molecule has 1 aromatic rings. The zero-order valence-electron chi connectivity index (χ0n) is 9.42. The lowest BCUT2D eigenvalue weighted by atomic mass is 9.64. The number of rotatable bonds is 3. The predicted octanol–water partition coefficient (Wildman–Crippen LogP) is 2.45. The maximum atomic E-state index is 13.1. The Morgan fingerprint density at radius 2 is 2.19 bits per heavy atom. The number of carbonyl (C=O) groups is 1. The van der Waals surface area contributed by atoms with E-state index in [-0.39, 0.29) is 11.6 Å². The van der Waals surface area contributed by atoms with Gasteiger partial charge < -0.3 is 5.73 Å². The summed E-state index contributed by atoms with van der Waals surface area (Å²) in [7, 11) is 0. The number of aryl methyl sites for hydroxylation is 1. The molecule has 2 nitrogen and oxygen atoms in total. The van der Waals surface area contributed by atoms with Gasteiger partial charge in [0.25, 0.3) is 0 Å². The van der Waals surface area contributed by atoms with Gasteiger partial charge in [-0.1, -0.05) is 12.5 Å². The molecule has 1 aliphatic carbocycles. The topological polar surface area (TPSA) is 43.1 Å². The zero-order valence-corrected chi connectivity index (χ0v) is 9.42. The van der Waals surface area contributed by atoms with Gasteiger partial charge in [-0.15, -0.1) is 0 Å². The maximum Gasteiger partial charge on any atom is 0.170 e. The van der Waals surface area contributed by atoms with Crippen LogP contribution in [0, 0.1) is 18.2 Å². The van der Waals surface area contributed by atoms with Crippen molar-refractivity contribution in [1.82, 2.24) is 0 Å². The van der Waals surface area contributed by atoms with E-state index in [0.717, 1.165) is 24.8 Å². The lowest BCUT2D eigenvalue weighted by Gasteiger charge is -2.39. The van der Waals surface area contributed by atoms with Crippen LogP contribution < -0.4 is 5.73 Å². The third kappa shape index (κ3) is 1.65. The first-order chi connectivity index (χ1) is 7.59. The van der Waals surface area contributed by atoms with E-state index < -0.39 is 5.41 Å². The fraction of sp³-hybridized carbons (Fsp3) is 0.462. The minimum Gasteiger partial charge on any atom is -0.329 e. The first-order valence-electron chi connectivity index (χ1n) is 5.60. The number of halogens is 1. The Kier molecular flexibility index (Phi) is 2.80. The summed E-state index contributed by atoms with van der Waals surface area (Å²) in [6.45, 7) is 2.19. The number of hydrogen-bond acceptors (Lipinski definition) is 2. The Balaban J connectivity index is 2.37. The minimum absolute atomic E-state index is 0.0123. The van der Waals surface area contributed by atoms with Gasteiger partial charge in [0.1, 0.15) is 5.82 Å². The van der Waals surface area contributed by atoms with Crippen molar-refractivity contribution >= 4 is 5.78 Å². The Labute approximate surface area is 94.6 Å². The summed E-state index contributed by atoms with van der Waals surface area (Å²) in [6, 6.07) is 4.35. The van der Waals surface area contributed by atoms with Crippen molar-refractivity contribution in [3.8, 4) is 0 Å². The van der Waals surface area contributed by atoms with Crippen molar-refractivity contribution in [3.63, 3.8) is 0 Å². The summed E-state index contributed by atoms with van der Waals surface area (Å²) in [5, 5.41) is 0. The normalized spacial score (nSPS) is 17.9. The first kappa shape index (κ1) is 11.3. The molecule has 2 N–H and O–H groups in total. The van der Waals surface area contributed by atoms with Crippen LogP contribution in [0.1, 0.15) is 35.2 Å². The highest BCUT2D eigenvalue weighted by atomic mass is 19.1. The molecule has 2 rings (SSSR count). The predicted molar refractivity (Wildman–Crippen MR) is 60.8 cm³/mol. The Morgan fingerprint density at radius 3 is 2.69 bits per heavy atom. The van der Waals surface area contributed by atoms with Gasteiger partial charge in [-0.25, -0.2) is 4.39 Å². The van der Waals surface area contributed by atoms with Crippen LogP contribution >= 0.6 is 0 Å². The molecule has 0 amide bonds. The highest BCUT2D eigenvalue weighted by molar-refractivity contribution is 6.02. The molecule has 3 heteroatoms. The van der Waals surface area contributed by atoms with E-state index in [4.69, 9.17) is 5.73 Å². The molecule has 0 heterocycles. The van der Waals surface area contributed by atoms with Crippen molar-refractivity contribution < 1.29 is 9.18 Å². The van der Waals surface area contributed by atoms with Crippen LogP contribution in [-0.2, 0) is 0 Å². The molecule has 0 aliphatic heterocycles. The Bertz CT molecular complexity index is 418. The lowest BCUT2D eigenvalue weighted by Crippen LogP contribution is -2.44. The molecule has 0 bridgehead atoms. The van der Waals surface area contributed by atoms with Gasteiger partial charge in [0, 0.05) is 17.5 Å². The Morgan fingerprint density at radius 1 is 1.50 bits per heavy atom. The smallest absolute Gasteiger partial charge is 0.170 e. The van der Waals surface area contributed by atoms with E-state index in [0.29, 0.717) is 12.1 Å². The Hall–Kier alpha value is -1.22. The molecule has 1 saturated carbocycles.